The van der Waals surface area contributed by atoms with Crippen LogP contribution >= 0.6 is 0 Å². The van der Waals surface area contributed by atoms with E-state index < -0.39 is 0 Å². The summed E-state index contributed by atoms with van der Waals surface area (Å²) in [5.41, 5.74) is 1.74. The molecular formula is C20H20N2O4. The minimum Gasteiger partial charge on any atom is -0.457 e. The van der Waals surface area contributed by atoms with Crippen molar-refractivity contribution in [3.63, 3.8) is 0 Å². The maximum Gasteiger partial charge on any atom is 0.229 e. The molecule has 0 aliphatic carbocycles. The number of carbonyl (C=O) groups is 3. The normalized spacial score (nSPS) is 13.8. The molecule has 0 unspecified atom stereocenters. The molecule has 1 aliphatic rings. The second-order valence-electron chi connectivity index (χ2n) is 6.18. The number of likely N-dealkylation sites (tertiary alicyclic amines) is 1. The van der Waals surface area contributed by atoms with Crippen LogP contribution in [0.2, 0.25) is 0 Å². The molecule has 134 valence electrons. The highest BCUT2D eigenvalue weighted by Gasteiger charge is 2.28. The number of imide groups is 1. The van der Waals surface area contributed by atoms with Crippen molar-refractivity contribution in [2.45, 2.75) is 26.2 Å². The Labute approximate surface area is 151 Å². The van der Waals surface area contributed by atoms with Crippen molar-refractivity contribution in [2.24, 2.45) is 0 Å². The number of aryl methyl sites for hydroxylation is 1. The molecule has 3 rings (SSSR count). The van der Waals surface area contributed by atoms with E-state index in [1.807, 2.05) is 31.2 Å². The zero-order valence-electron chi connectivity index (χ0n) is 14.5. The van der Waals surface area contributed by atoms with Crippen LogP contribution in [0.1, 0.15) is 24.8 Å². The summed E-state index contributed by atoms with van der Waals surface area (Å²) >= 11 is 0. The van der Waals surface area contributed by atoms with Crippen LogP contribution in [0.5, 0.6) is 11.5 Å². The Balaban J connectivity index is 1.51. The van der Waals surface area contributed by atoms with Crippen LogP contribution in [0, 0.1) is 6.92 Å². The van der Waals surface area contributed by atoms with Crippen LogP contribution in [0.15, 0.2) is 48.5 Å². The summed E-state index contributed by atoms with van der Waals surface area (Å²) in [6, 6.07) is 14.8. The molecule has 2 aromatic carbocycles. The van der Waals surface area contributed by atoms with E-state index in [2.05, 4.69) is 5.32 Å². The molecule has 1 N–H and O–H groups in total. The fraction of sp³-hybridized carbons (Fsp3) is 0.250. The van der Waals surface area contributed by atoms with Gasteiger partial charge < -0.3 is 10.1 Å². The van der Waals surface area contributed by atoms with Gasteiger partial charge in [-0.05, 0) is 48.9 Å². The molecule has 2 aromatic rings. The van der Waals surface area contributed by atoms with E-state index in [1.54, 1.807) is 24.3 Å². The van der Waals surface area contributed by atoms with E-state index in [9.17, 15) is 14.4 Å². The van der Waals surface area contributed by atoms with Crippen LogP contribution in [-0.4, -0.2) is 29.2 Å². The number of ether oxygens (including phenoxy) is 1. The minimum absolute atomic E-state index is 0.0824. The molecule has 0 atom stereocenters. The van der Waals surface area contributed by atoms with Gasteiger partial charge in [0.05, 0.1) is 0 Å². The summed E-state index contributed by atoms with van der Waals surface area (Å²) < 4.78 is 5.76. The van der Waals surface area contributed by atoms with E-state index in [4.69, 9.17) is 4.74 Å². The van der Waals surface area contributed by atoms with Crippen molar-refractivity contribution in [2.75, 3.05) is 11.9 Å². The third kappa shape index (κ3) is 4.47. The van der Waals surface area contributed by atoms with E-state index in [1.165, 1.54) is 0 Å². The summed E-state index contributed by atoms with van der Waals surface area (Å²) in [4.78, 5) is 36.2. The van der Waals surface area contributed by atoms with Gasteiger partial charge in [0.1, 0.15) is 11.5 Å². The summed E-state index contributed by atoms with van der Waals surface area (Å²) in [7, 11) is 0. The largest absolute Gasteiger partial charge is 0.457 e. The van der Waals surface area contributed by atoms with Crippen LogP contribution in [0.25, 0.3) is 0 Å². The molecule has 0 aromatic heterocycles. The van der Waals surface area contributed by atoms with Gasteiger partial charge in [0.15, 0.2) is 0 Å². The predicted molar refractivity (Wildman–Crippen MR) is 96.9 cm³/mol. The third-order valence-corrected chi connectivity index (χ3v) is 4.08. The monoisotopic (exact) mass is 352 g/mol. The zero-order valence-corrected chi connectivity index (χ0v) is 14.5. The second kappa shape index (κ2) is 7.82. The number of hydrogen-bond acceptors (Lipinski definition) is 4. The molecule has 3 amide bonds. The number of nitrogens with one attached hydrogen (secondary N) is 1. The molecule has 1 heterocycles. The fourth-order valence-electron chi connectivity index (χ4n) is 2.73. The Bertz CT molecular complexity index is 814. The average Bonchev–Trinajstić information content (AvgIpc) is 2.93. The highest BCUT2D eigenvalue weighted by atomic mass is 16.5. The number of hydrogen-bond donors (Lipinski definition) is 1. The van der Waals surface area contributed by atoms with Gasteiger partial charge in [0, 0.05) is 31.5 Å². The first-order valence-electron chi connectivity index (χ1n) is 8.49. The maximum atomic E-state index is 12.0. The average molecular weight is 352 g/mol. The lowest BCUT2D eigenvalue weighted by molar-refractivity contribution is -0.138. The molecule has 0 bridgehead atoms. The number of carbonyl (C=O) groups excluding carboxylic acids is 3. The zero-order chi connectivity index (χ0) is 18.5. The van der Waals surface area contributed by atoms with Crippen LogP contribution in [0.4, 0.5) is 5.69 Å². The van der Waals surface area contributed by atoms with E-state index in [0.717, 1.165) is 16.2 Å². The van der Waals surface area contributed by atoms with E-state index in [-0.39, 0.29) is 43.5 Å². The quantitative estimate of drug-likeness (QED) is 0.810. The molecule has 26 heavy (non-hydrogen) atoms. The van der Waals surface area contributed by atoms with Crippen molar-refractivity contribution in [3.8, 4) is 11.5 Å². The second-order valence-corrected chi connectivity index (χ2v) is 6.18. The molecule has 6 nitrogen and oxygen atoms in total. The Hall–Kier alpha value is -3.15. The van der Waals surface area contributed by atoms with Gasteiger partial charge in [0.25, 0.3) is 0 Å². The molecule has 6 heteroatoms. The van der Waals surface area contributed by atoms with Crippen molar-refractivity contribution in [1.29, 1.82) is 0 Å². The molecule has 1 aliphatic heterocycles. The number of rotatable bonds is 6. The lowest BCUT2D eigenvalue weighted by atomic mass is 10.2. The highest BCUT2D eigenvalue weighted by Crippen LogP contribution is 2.23. The van der Waals surface area contributed by atoms with Crippen molar-refractivity contribution in [3.05, 3.63) is 54.1 Å². The Morgan fingerprint density at radius 1 is 1.04 bits per heavy atom. The smallest absolute Gasteiger partial charge is 0.229 e. The number of anilines is 1. The van der Waals surface area contributed by atoms with Crippen molar-refractivity contribution >= 4 is 23.4 Å². The predicted octanol–water partition coefficient (Wildman–Crippen LogP) is 3.26. The van der Waals surface area contributed by atoms with Gasteiger partial charge >= 0.3 is 0 Å². The van der Waals surface area contributed by atoms with Crippen molar-refractivity contribution < 1.29 is 19.1 Å². The van der Waals surface area contributed by atoms with Gasteiger partial charge in [0.2, 0.25) is 17.7 Å². The van der Waals surface area contributed by atoms with Crippen molar-refractivity contribution in [1.82, 2.24) is 4.90 Å². The first-order valence-corrected chi connectivity index (χ1v) is 8.49. The fourth-order valence-corrected chi connectivity index (χ4v) is 2.73. The van der Waals surface area contributed by atoms with Crippen LogP contribution < -0.4 is 10.1 Å². The lowest BCUT2D eigenvalue weighted by Crippen LogP contribution is -2.32. The first kappa shape index (κ1) is 17.7. The van der Waals surface area contributed by atoms with Crippen LogP contribution in [-0.2, 0) is 14.4 Å². The lowest BCUT2D eigenvalue weighted by Gasteiger charge is -2.13. The maximum absolute atomic E-state index is 12.0. The Morgan fingerprint density at radius 3 is 2.38 bits per heavy atom. The standard InChI is InChI=1S/C20H20N2O4/c1-14-3-2-4-17(13-14)26-16-7-5-15(6-8-16)21-18(23)11-12-22-19(24)9-10-20(22)25/h2-8,13H,9-12H2,1H3,(H,21,23). The molecule has 1 fully saturated rings. The number of benzene rings is 2. The van der Waals surface area contributed by atoms with Gasteiger partial charge in [-0.25, -0.2) is 0 Å². The summed E-state index contributed by atoms with van der Waals surface area (Å²) in [5.74, 6) is 0.759. The van der Waals surface area contributed by atoms with Gasteiger partial charge in [-0.15, -0.1) is 0 Å². The van der Waals surface area contributed by atoms with E-state index in [0.29, 0.717) is 11.4 Å². The SMILES string of the molecule is Cc1cccc(Oc2ccc(NC(=O)CCN3C(=O)CCC3=O)cc2)c1. The van der Waals surface area contributed by atoms with Gasteiger partial charge in [-0.1, -0.05) is 12.1 Å². The highest BCUT2D eigenvalue weighted by molar-refractivity contribution is 6.02. The minimum atomic E-state index is -0.246. The molecule has 0 radical (unpaired) electrons. The van der Waals surface area contributed by atoms with Gasteiger partial charge in [-0.3, -0.25) is 19.3 Å². The molecular weight excluding hydrogens is 332 g/mol. The topological polar surface area (TPSA) is 75.7 Å². The Kier molecular flexibility index (Phi) is 5.31. The molecule has 1 saturated heterocycles. The number of nitrogens with zero attached hydrogens (tertiary/aromatic N) is 1. The Morgan fingerprint density at radius 2 is 1.73 bits per heavy atom. The molecule has 0 spiro atoms. The third-order valence-electron chi connectivity index (χ3n) is 4.08. The first-order chi connectivity index (χ1) is 12.5. The number of amides is 3. The van der Waals surface area contributed by atoms with Gasteiger partial charge in [-0.2, -0.15) is 0 Å². The summed E-state index contributed by atoms with van der Waals surface area (Å²) in [6.45, 7) is 2.12. The molecule has 0 saturated carbocycles. The van der Waals surface area contributed by atoms with E-state index >= 15 is 0 Å². The summed E-state index contributed by atoms with van der Waals surface area (Å²) in [6.07, 6.45) is 0.560. The summed E-state index contributed by atoms with van der Waals surface area (Å²) in [5, 5.41) is 2.75. The van der Waals surface area contributed by atoms with Crippen LogP contribution in [0.3, 0.4) is 0 Å².